The molecule has 1 aliphatic heterocycles. The Labute approximate surface area is 148 Å². The predicted octanol–water partition coefficient (Wildman–Crippen LogP) is 2.86. The standard InChI is InChI=1S/C18H16F2N4O2/c1-10-7-15(23(2)21-10)18(25)24-6-5-16-12(9-24)17(22-26-16)11-3-4-13(19)14(20)8-11/h3-4,7-8H,5-6,9H2,1-2H3. The van der Waals surface area contributed by atoms with Gasteiger partial charge in [-0.05, 0) is 31.2 Å². The second-order valence-corrected chi connectivity index (χ2v) is 6.33. The van der Waals surface area contributed by atoms with Crippen molar-refractivity contribution in [3.05, 3.63) is 58.6 Å². The molecule has 1 aliphatic rings. The predicted molar refractivity (Wildman–Crippen MR) is 88.2 cm³/mol. The maximum absolute atomic E-state index is 13.6. The van der Waals surface area contributed by atoms with E-state index in [2.05, 4.69) is 10.3 Å². The molecular weight excluding hydrogens is 342 g/mol. The summed E-state index contributed by atoms with van der Waals surface area (Å²) in [5, 5.41) is 8.21. The van der Waals surface area contributed by atoms with Crippen LogP contribution in [-0.4, -0.2) is 32.3 Å². The largest absolute Gasteiger partial charge is 0.360 e. The van der Waals surface area contributed by atoms with Crippen LogP contribution in [0.2, 0.25) is 0 Å². The number of carbonyl (C=O) groups excluding carboxylic acids is 1. The average molecular weight is 358 g/mol. The molecule has 0 spiro atoms. The Hall–Kier alpha value is -3.03. The smallest absolute Gasteiger partial charge is 0.272 e. The number of benzene rings is 1. The molecule has 0 atom stereocenters. The lowest BCUT2D eigenvalue weighted by atomic mass is 10.0. The molecule has 8 heteroatoms. The molecule has 0 unspecified atom stereocenters. The Morgan fingerprint density at radius 2 is 2.04 bits per heavy atom. The Balaban J connectivity index is 1.66. The summed E-state index contributed by atoms with van der Waals surface area (Å²) in [6, 6.07) is 5.32. The molecule has 3 aromatic rings. The van der Waals surface area contributed by atoms with Crippen LogP contribution in [0, 0.1) is 18.6 Å². The molecule has 1 amide bonds. The summed E-state index contributed by atoms with van der Waals surface area (Å²) in [5.41, 5.74) is 2.82. The van der Waals surface area contributed by atoms with Crippen molar-refractivity contribution >= 4 is 5.91 Å². The van der Waals surface area contributed by atoms with Gasteiger partial charge in [0.1, 0.15) is 17.1 Å². The first kappa shape index (κ1) is 16.4. The zero-order chi connectivity index (χ0) is 18.4. The minimum Gasteiger partial charge on any atom is -0.360 e. The fraction of sp³-hybridized carbons (Fsp3) is 0.278. The molecule has 0 saturated carbocycles. The van der Waals surface area contributed by atoms with Gasteiger partial charge in [0.05, 0.1) is 12.2 Å². The molecule has 0 saturated heterocycles. The van der Waals surface area contributed by atoms with Gasteiger partial charge in [0.2, 0.25) is 0 Å². The van der Waals surface area contributed by atoms with Crippen molar-refractivity contribution in [2.24, 2.45) is 7.05 Å². The van der Waals surface area contributed by atoms with E-state index in [1.165, 1.54) is 6.07 Å². The number of halogens is 2. The number of hydrogen-bond donors (Lipinski definition) is 0. The third-order valence-electron chi connectivity index (χ3n) is 4.53. The van der Waals surface area contributed by atoms with E-state index in [9.17, 15) is 13.6 Å². The first-order valence-electron chi connectivity index (χ1n) is 8.17. The monoisotopic (exact) mass is 358 g/mol. The van der Waals surface area contributed by atoms with E-state index in [-0.39, 0.29) is 12.5 Å². The Kier molecular flexibility index (Phi) is 3.82. The van der Waals surface area contributed by atoms with Gasteiger partial charge < -0.3 is 9.42 Å². The van der Waals surface area contributed by atoms with E-state index in [1.807, 2.05) is 6.92 Å². The highest BCUT2D eigenvalue weighted by atomic mass is 19.2. The molecule has 0 aliphatic carbocycles. The molecule has 26 heavy (non-hydrogen) atoms. The van der Waals surface area contributed by atoms with Gasteiger partial charge in [-0.2, -0.15) is 5.10 Å². The van der Waals surface area contributed by atoms with Crippen molar-refractivity contribution in [3.8, 4) is 11.3 Å². The highest BCUT2D eigenvalue weighted by molar-refractivity contribution is 5.93. The van der Waals surface area contributed by atoms with E-state index in [0.29, 0.717) is 35.7 Å². The first-order chi connectivity index (χ1) is 12.4. The summed E-state index contributed by atoms with van der Waals surface area (Å²) in [7, 11) is 1.72. The van der Waals surface area contributed by atoms with Crippen LogP contribution in [0.5, 0.6) is 0 Å². The van der Waals surface area contributed by atoms with Crippen LogP contribution in [0.25, 0.3) is 11.3 Å². The number of carbonyl (C=O) groups is 1. The zero-order valence-corrected chi connectivity index (χ0v) is 14.3. The van der Waals surface area contributed by atoms with Crippen molar-refractivity contribution in [1.29, 1.82) is 0 Å². The molecule has 2 aromatic heterocycles. The van der Waals surface area contributed by atoms with Gasteiger partial charge in [-0.25, -0.2) is 8.78 Å². The molecular formula is C18H16F2N4O2. The van der Waals surface area contributed by atoms with Crippen LogP contribution in [-0.2, 0) is 20.0 Å². The molecule has 4 rings (SSSR count). The van der Waals surface area contributed by atoms with E-state index in [1.54, 1.807) is 22.7 Å². The van der Waals surface area contributed by atoms with Gasteiger partial charge >= 0.3 is 0 Å². The summed E-state index contributed by atoms with van der Waals surface area (Å²) in [4.78, 5) is 14.5. The lowest BCUT2D eigenvalue weighted by Crippen LogP contribution is -2.36. The number of fused-ring (bicyclic) bond motifs is 1. The Morgan fingerprint density at radius 1 is 1.23 bits per heavy atom. The molecule has 0 radical (unpaired) electrons. The van der Waals surface area contributed by atoms with Crippen LogP contribution in [0.3, 0.4) is 0 Å². The summed E-state index contributed by atoms with van der Waals surface area (Å²) >= 11 is 0. The van der Waals surface area contributed by atoms with Crippen molar-refractivity contribution in [3.63, 3.8) is 0 Å². The van der Waals surface area contributed by atoms with Crippen LogP contribution in [0.15, 0.2) is 28.8 Å². The minimum atomic E-state index is -0.951. The number of rotatable bonds is 2. The van der Waals surface area contributed by atoms with E-state index in [4.69, 9.17) is 4.52 Å². The topological polar surface area (TPSA) is 64.2 Å². The second-order valence-electron chi connectivity index (χ2n) is 6.33. The highest BCUT2D eigenvalue weighted by Gasteiger charge is 2.29. The van der Waals surface area contributed by atoms with Crippen LogP contribution in [0.1, 0.15) is 27.5 Å². The van der Waals surface area contributed by atoms with Crippen molar-refractivity contribution < 1.29 is 18.1 Å². The van der Waals surface area contributed by atoms with Gasteiger partial charge in [-0.1, -0.05) is 5.16 Å². The second kappa shape index (κ2) is 6.05. The van der Waals surface area contributed by atoms with Gasteiger partial charge in [0, 0.05) is 31.1 Å². The SMILES string of the molecule is Cc1cc(C(=O)N2CCc3onc(-c4ccc(F)c(F)c4)c3C2)n(C)n1. The van der Waals surface area contributed by atoms with Crippen molar-refractivity contribution in [2.75, 3.05) is 6.54 Å². The first-order valence-corrected chi connectivity index (χ1v) is 8.17. The molecule has 0 bridgehead atoms. The minimum absolute atomic E-state index is 0.142. The Morgan fingerprint density at radius 3 is 2.73 bits per heavy atom. The quantitative estimate of drug-likeness (QED) is 0.707. The molecule has 134 valence electrons. The highest BCUT2D eigenvalue weighted by Crippen LogP contribution is 2.31. The van der Waals surface area contributed by atoms with Crippen LogP contribution >= 0.6 is 0 Å². The summed E-state index contributed by atoms with van der Waals surface area (Å²) < 4.78 is 33.7. The van der Waals surface area contributed by atoms with Gasteiger partial charge in [-0.3, -0.25) is 9.48 Å². The normalized spacial score (nSPS) is 13.8. The van der Waals surface area contributed by atoms with Crippen molar-refractivity contribution in [2.45, 2.75) is 19.9 Å². The van der Waals surface area contributed by atoms with Gasteiger partial charge in [0.25, 0.3) is 5.91 Å². The van der Waals surface area contributed by atoms with E-state index < -0.39 is 11.6 Å². The lowest BCUT2D eigenvalue weighted by molar-refractivity contribution is 0.0718. The average Bonchev–Trinajstić information content (AvgIpc) is 3.19. The third kappa shape index (κ3) is 2.67. The van der Waals surface area contributed by atoms with E-state index in [0.717, 1.165) is 23.4 Å². The summed E-state index contributed by atoms with van der Waals surface area (Å²) in [6.45, 7) is 2.60. The molecule has 0 N–H and O–H groups in total. The number of amides is 1. The fourth-order valence-electron chi connectivity index (χ4n) is 3.23. The molecule has 3 heterocycles. The van der Waals surface area contributed by atoms with Gasteiger partial charge in [0.15, 0.2) is 11.6 Å². The van der Waals surface area contributed by atoms with Crippen molar-refractivity contribution in [1.82, 2.24) is 19.8 Å². The summed E-state index contributed by atoms with van der Waals surface area (Å²) in [6.07, 6.45) is 0.509. The maximum atomic E-state index is 13.6. The zero-order valence-electron chi connectivity index (χ0n) is 14.3. The van der Waals surface area contributed by atoms with Crippen LogP contribution < -0.4 is 0 Å². The van der Waals surface area contributed by atoms with Gasteiger partial charge in [-0.15, -0.1) is 0 Å². The number of aryl methyl sites for hydroxylation is 2. The maximum Gasteiger partial charge on any atom is 0.272 e. The van der Waals surface area contributed by atoms with E-state index >= 15 is 0 Å². The number of hydrogen-bond acceptors (Lipinski definition) is 4. The lowest BCUT2D eigenvalue weighted by Gasteiger charge is -2.26. The Bertz CT molecular complexity index is 1010. The van der Waals surface area contributed by atoms with Crippen LogP contribution in [0.4, 0.5) is 8.78 Å². The summed E-state index contributed by atoms with van der Waals surface area (Å²) in [5.74, 6) is -1.35. The fourth-order valence-corrected chi connectivity index (χ4v) is 3.23. The molecule has 0 fully saturated rings. The molecule has 6 nitrogen and oxygen atoms in total. The molecule has 1 aromatic carbocycles. The number of nitrogens with zero attached hydrogens (tertiary/aromatic N) is 4. The number of aromatic nitrogens is 3. The third-order valence-corrected chi connectivity index (χ3v) is 4.53.